The number of nitrogen functional groups attached to an aromatic ring is 1. The average Bonchev–Trinajstić information content (AvgIpc) is 2.69. The van der Waals surface area contributed by atoms with E-state index in [1.807, 2.05) is 20.8 Å². The minimum atomic E-state index is -0.577. The number of nitrogens with zero attached hydrogens (tertiary/aromatic N) is 3. The number of aromatic nitrogens is 2. The Morgan fingerprint density at radius 2 is 1.96 bits per heavy atom. The Bertz CT molecular complexity index is 616. The van der Waals surface area contributed by atoms with Crippen molar-refractivity contribution in [2.45, 2.75) is 58.6 Å². The average molecular weight is 322 g/mol. The summed E-state index contributed by atoms with van der Waals surface area (Å²) in [4.78, 5) is 27.0. The number of likely N-dealkylation sites (tertiary alicyclic amines) is 1. The summed E-state index contributed by atoms with van der Waals surface area (Å²) in [5.74, 6) is -0.282. The molecule has 1 atom stereocenters. The van der Waals surface area contributed by atoms with Gasteiger partial charge in [-0.3, -0.25) is 9.48 Å². The van der Waals surface area contributed by atoms with Gasteiger partial charge in [0.2, 0.25) is 0 Å². The molecule has 1 saturated heterocycles. The molecule has 2 N–H and O–H groups in total. The summed E-state index contributed by atoms with van der Waals surface area (Å²) in [6.07, 6.45) is 2.37. The first kappa shape index (κ1) is 17.3. The zero-order chi connectivity index (χ0) is 17.4. The molecule has 0 unspecified atom stereocenters. The van der Waals surface area contributed by atoms with Crippen molar-refractivity contribution >= 4 is 17.7 Å². The molecule has 2 rings (SSSR count). The van der Waals surface area contributed by atoms with E-state index >= 15 is 0 Å². The molecule has 1 aromatic heterocycles. The van der Waals surface area contributed by atoms with Crippen LogP contribution in [0.1, 0.15) is 56.1 Å². The fraction of sp³-hybridized carbons (Fsp3) is 0.688. The number of ether oxygens (including phenoxy) is 1. The highest BCUT2D eigenvalue weighted by Crippen LogP contribution is 2.25. The number of carbonyl (C=O) groups is 2. The number of piperidine rings is 1. The maximum Gasteiger partial charge on any atom is 0.329 e. The molecule has 1 aromatic rings. The number of carbonyl (C=O) groups excluding carboxylic acids is 2. The lowest BCUT2D eigenvalue weighted by atomic mass is 10.0. The highest BCUT2D eigenvalue weighted by Gasteiger charge is 2.37. The predicted molar refractivity (Wildman–Crippen MR) is 86.9 cm³/mol. The van der Waals surface area contributed by atoms with Gasteiger partial charge >= 0.3 is 5.97 Å². The number of hydrogen-bond donors (Lipinski definition) is 1. The lowest BCUT2D eigenvalue weighted by molar-refractivity contribution is -0.161. The van der Waals surface area contributed by atoms with Crippen LogP contribution in [-0.4, -0.2) is 44.7 Å². The molecular formula is C16H26N4O3. The fourth-order valence-corrected chi connectivity index (χ4v) is 2.87. The van der Waals surface area contributed by atoms with Crippen LogP contribution < -0.4 is 5.73 Å². The maximum absolute atomic E-state index is 12.9. The van der Waals surface area contributed by atoms with Crippen LogP contribution in [0.3, 0.4) is 0 Å². The summed E-state index contributed by atoms with van der Waals surface area (Å²) in [7, 11) is 1.70. The Morgan fingerprint density at radius 1 is 1.30 bits per heavy atom. The topological polar surface area (TPSA) is 90.5 Å². The summed E-state index contributed by atoms with van der Waals surface area (Å²) >= 11 is 0. The van der Waals surface area contributed by atoms with Crippen molar-refractivity contribution in [1.29, 1.82) is 0 Å². The lowest BCUT2D eigenvalue weighted by Crippen LogP contribution is -2.50. The van der Waals surface area contributed by atoms with Crippen LogP contribution in [-0.2, 0) is 16.6 Å². The first-order valence-corrected chi connectivity index (χ1v) is 7.94. The Labute approximate surface area is 136 Å². The molecule has 1 fully saturated rings. The molecule has 1 amide bonds. The van der Waals surface area contributed by atoms with Gasteiger partial charge in [-0.1, -0.05) is 0 Å². The third kappa shape index (κ3) is 3.65. The van der Waals surface area contributed by atoms with E-state index in [9.17, 15) is 9.59 Å². The van der Waals surface area contributed by atoms with Gasteiger partial charge in [-0.05, 0) is 47.0 Å². The minimum absolute atomic E-state index is 0.247. The highest BCUT2D eigenvalue weighted by molar-refractivity contribution is 6.01. The molecule has 0 saturated carbocycles. The first-order chi connectivity index (χ1) is 10.6. The molecule has 2 heterocycles. The summed E-state index contributed by atoms with van der Waals surface area (Å²) in [6.45, 7) is 7.74. The van der Waals surface area contributed by atoms with Gasteiger partial charge in [-0.2, -0.15) is 5.10 Å². The van der Waals surface area contributed by atoms with Crippen LogP contribution in [0.25, 0.3) is 0 Å². The number of amides is 1. The van der Waals surface area contributed by atoms with E-state index in [1.165, 1.54) is 4.68 Å². The summed E-state index contributed by atoms with van der Waals surface area (Å²) in [5.41, 5.74) is 6.34. The van der Waals surface area contributed by atoms with Crippen molar-refractivity contribution < 1.29 is 14.3 Å². The van der Waals surface area contributed by atoms with E-state index in [0.717, 1.165) is 12.8 Å². The first-order valence-electron chi connectivity index (χ1n) is 7.94. The van der Waals surface area contributed by atoms with Crippen molar-refractivity contribution in [3.05, 3.63) is 11.3 Å². The molecule has 0 radical (unpaired) electrons. The molecule has 0 bridgehead atoms. The molecule has 128 valence electrons. The van der Waals surface area contributed by atoms with Gasteiger partial charge in [-0.25, -0.2) is 4.79 Å². The van der Waals surface area contributed by atoms with Crippen LogP contribution >= 0.6 is 0 Å². The summed E-state index contributed by atoms with van der Waals surface area (Å²) in [6, 6.07) is -0.561. The van der Waals surface area contributed by atoms with Crippen LogP contribution in [0.15, 0.2) is 0 Å². The molecule has 1 aliphatic rings. The Hall–Kier alpha value is -2.05. The maximum atomic E-state index is 12.9. The van der Waals surface area contributed by atoms with Gasteiger partial charge in [0, 0.05) is 13.6 Å². The molecule has 7 heteroatoms. The molecular weight excluding hydrogens is 296 g/mol. The molecule has 23 heavy (non-hydrogen) atoms. The normalized spacial score (nSPS) is 18.8. The predicted octanol–water partition coefficient (Wildman–Crippen LogP) is 1.65. The quantitative estimate of drug-likeness (QED) is 0.836. The van der Waals surface area contributed by atoms with Gasteiger partial charge in [0.05, 0.1) is 5.69 Å². The third-order valence-corrected chi connectivity index (χ3v) is 3.92. The van der Waals surface area contributed by atoms with Crippen molar-refractivity contribution in [2.24, 2.45) is 7.05 Å². The van der Waals surface area contributed by atoms with Crippen molar-refractivity contribution in [3.8, 4) is 0 Å². The lowest BCUT2D eigenvalue weighted by Gasteiger charge is -2.35. The zero-order valence-electron chi connectivity index (χ0n) is 14.5. The van der Waals surface area contributed by atoms with Crippen molar-refractivity contribution in [3.63, 3.8) is 0 Å². The van der Waals surface area contributed by atoms with Crippen LogP contribution in [0.4, 0.5) is 5.82 Å². The second-order valence-electron chi connectivity index (χ2n) is 7.01. The van der Waals surface area contributed by atoms with E-state index in [1.54, 1.807) is 18.9 Å². The Kier molecular flexibility index (Phi) is 4.68. The number of esters is 1. The Morgan fingerprint density at radius 3 is 2.48 bits per heavy atom. The molecule has 0 aromatic carbocycles. The van der Waals surface area contributed by atoms with Gasteiger partial charge in [0.1, 0.15) is 23.0 Å². The van der Waals surface area contributed by atoms with Crippen LogP contribution in [0.5, 0.6) is 0 Å². The molecule has 0 aliphatic carbocycles. The smallest absolute Gasteiger partial charge is 0.329 e. The van der Waals surface area contributed by atoms with E-state index in [4.69, 9.17) is 10.5 Å². The second kappa shape index (κ2) is 6.22. The van der Waals surface area contributed by atoms with E-state index in [2.05, 4.69) is 5.10 Å². The number of rotatable bonds is 2. The van der Waals surface area contributed by atoms with E-state index in [0.29, 0.717) is 30.0 Å². The van der Waals surface area contributed by atoms with E-state index < -0.39 is 11.6 Å². The minimum Gasteiger partial charge on any atom is -0.458 e. The van der Waals surface area contributed by atoms with E-state index in [-0.39, 0.29) is 11.9 Å². The van der Waals surface area contributed by atoms with Crippen LogP contribution in [0, 0.1) is 6.92 Å². The largest absolute Gasteiger partial charge is 0.458 e. The fourth-order valence-electron chi connectivity index (χ4n) is 2.87. The standard InChI is InChI=1S/C16H26N4O3/c1-10-12(13(17)19(5)18-10)14(21)20-9-7-6-8-11(20)15(22)23-16(2,3)4/h11H,6-9,17H2,1-5H3/t11-/m1/s1. The molecule has 7 nitrogen and oxygen atoms in total. The van der Waals surface area contributed by atoms with Crippen molar-refractivity contribution in [1.82, 2.24) is 14.7 Å². The summed E-state index contributed by atoms with van der Waals surface area (Å²) < 4.78 is 6.96. The Balaban J connectivity index is 2.27. The number of aryl methyl sites for hydroxylation is 2. The third-order valence-electron chi connectivity index (χ3n) is 3.92. The van der Waals surface area contributed by atoms with Gasteiger partial charge in [0.25, 0.3) is 5.91 Å². The SMILES string of the molecule is Cc1nn(C)c(N)c1C(=O)N1CCCC[C@@H]1C(=O)OC(C)(C)C. The zero-order valence-corrected chi connectivity index (χ0v) is 14.5. The molecule has 0 spiro atoms. The second-order valence-corrected chi connectivity index (χ2v) is 7.01. The summed E-state index contributed by atoms with van der Waals surface area (Å²) in [5, 5.41) is 4.18. The monoisotopic (exact) mass is 322 g/mol. The van der Waals surface area contributed by atoms with Gasteiger partial charge in [0.15, 0.2) is 0 Å². The van der Waals surface area contributed by atoms with Gasteiger partial charge in [-0.15, -0.1) is 0 Å². The van der Waals surface area contributed by atoms with Gasteiger partial charge < -0.3 is 15.4 Å². The van der Waals surface area contributed by atoms with Crippen LogP contribution in [0.2, 0.25) is 0 Å². The number of nitrogens with two attached hydrogens (primary N) is 1. The van der Waals surface area contributed by atoms with Crippen molar-refractivity contribution in [2.75, 3.05) is 12.3 Å². The highest BCUT2D eigenvalue weighted by atomic mass is 16.6. The number of hydrogen-bond acceptors (Lipinski definition) is 5. The number of anilines is 1. The molecule has 1 aliphatic heterocycles.